The number of nitrogens with one attached hydrogen (secondary N) is 1. The van der Waals surface area contributed by atoms with Gasteiger partial charge in [-0.25, -0.2) is 4.79 Å². The predicted octanol–water partition coefficient (Wildman–Crippen LogP) is 1.11. The maximum atomic E-state index is 11.0. The largest absolute Gasteiger partial charge is 0.444 e. The quantitative estimate of drug-likeness (QED) is 0.685. The summed E-state index contributed by atoms with van der Waals surface area (Å²) < 4.78 is 4.94. The van der Waals surface area contributed by atoms with Gasteiger partial charge in [0.1, 0.15) is 5.60 Å². The third kappa shape index (κ3) is 7.87. The average Bonchev–Trinajstić information content (AvgIpc) is 1.97. The second-order valence-corrected chi connectivity index (χ2v) is 4.28. The molecule has 0 aromatic carbocycles. The lowest BCUT2D eigenvalue weighted by Gasteiger charge is -2.20. The van der Waals surface area contributed by atoms with Crippen molar-refractivity contribution in [1.82, 2.24) is 5.32 Å². The van der Waals surface area contributed by atoms with E-state index >= 15 is 0 Å². The van der Waals surface area contributed by atoms with Crippen LogP contribution in [0, 0.1) is 0 Å². The summed E-state index contributed by atoms with van der Waals surface area (Å²) in [5.74, 6) is 0. The van der Waals surface area contributed by atoms with E-state index in [9.17, 15) is 4.79 Å². The molecule has 0 rings (SSSR count). The highest BCUT2D eigenvalue weighted by Gasteiger charge is 2.16. The number of halogens is 1. The molecule has 0 saturated carbocycles. The fourth-order valence-corrected chi connectivity index (χ4v) is 0.650. The molecule has 0 radical (unpaired) electrons. The Morgan fingerprint density at radius 2 is 2.15 bits per heavy atom. The van der Waals surface area contributed by atoms with Gasteiger partial charge < -0.3 is 15.2 Å². The van der Waals surface area contributed by atoms with Crippen LogP contribution in [0.2, 0.25) is 0 Å². The first-order chi connectivity index (χ1) is 5.85. The average molecular weight is 210 g/mol. The minimum atomic E-state index is -0.522. The Balaban J connectivity index is 3.64. The fourth-order valence-electron chi connectivity index (χ4n) is 0.573. The van der Waals surface area contributed by atoms with Crippen molar-refractivity contribution < 1.29 is 14.6 Å². The van der Waals surface area contributed by atoms with Crippen molar-refractivity contribution in [3.05, 3.63) is 0 Å². The zero-order valence-electron chi connectivity index (χ0n) is 8.13. The molecule has 13 heavy (non-hydrogen) atoms. The van der Waals surface area contributed by atoms with Crippen molar-refractivity contribution in [2.75, 3.05) is 13.2 Å². The normalized spacial score (nSPS) is 13.6. The van der Waals surface area contributed by atoms with Crippen LogP contribution in [0.5, 0.6) is 0 Å². The summed E-state index contributed by atoms with van der Waals surface area (Å²) in [5.41, 5.74) is -0.509. The van der Waals surface area contributed by atoms with Crippen molar-refractivity contribution >= 4 is 17.7 Å². The number of carbonyl (C=O) groups is 1. The molecule has 0 bridgehead atoms. The van der Waals surface area contributed by atoms with Crippen LogP contribution in [0.4, 0.5) is 4.79 Å². The Hall–Kier alpha value is -0.480. The molecule has 0 spiro atoms. The second kappa shape index (κ2) is 5.29. The summed E-state index contributed by atoms with van der Waals surface area (Å²) in [5, 5.41) is 10.5. The fraction of sp³-hybridized carbons (Fsp3) is 0.875. The lowest BCUT2D eigenvalue weighted by atomic mass is 10.2. The molecular formula is C8H16ClNO3. The smallest absolute Gasteiger partial charge is 0.407 e. The van der Waals surface area contributed by atoms with Gasteiger partial charge >= 0.3 is 6.09 Å². The Kier molecular flexibility index (Phi) is 5.10. The highest BCUT2D eigenvalue weighted by molar-refractivity contribution is 6.21. The lowest BCUT2D eigenvalue weighted by molar-refractivity contribution is 0.0525. The number of ether oxygens (including phenoxy) is 1. The first kappa shape index (κ1) is 12.5. The number of amides is 1. The minimum Gasteiger partial charge on any atom is -0.444 e. The van der Waals surface area contributed by atoms with Gasteiger partial charge in [0.15, 0.2) is 0 Å². The standard InChI is InChI=1S/C8H16ClNO3/c1-8(2,3)13-7(12)10-4-6(9)5-11/h6,11H,4-5H2,1-3H3,(H,10,12). The summed E-state index contributed by atoms with van der Waals surface area (Å²) in [6, 6.07) is 0. The molecule has 1 amide bonds. The number of rotatable bonds is 3. The number of hydrogen-bond acceptors (Lipinski definition) is 3. The van der Waals surface area contributed by atoms with Crippen molar-refractivity contribution in [2.45, 2.75) is 31.7 Å². The van der Waals surface area contributed by atoms with Crippen molar-refractivity contribution in [3.8, 4) is 0 Å². The lowest BCUT2D eigenvalue weighted by Crippen LogP contribution is -2.36. The van der Waals surface area contributed by atoms with E-state index in [2.05, 4.69) is 5.32 Å². The zero-order chi connectivity index (χ0) is 10.5. The Bertz CT molecular complexity index is 167. The van der Waals surface area contributed by atoms with E-state index in [4.69, 9.17) is 21.4 Å². The molecule has 2 N–H and O–H groups in total. The maximum Gasteiger partial charge on any atom is 0.407 e. The first-order valence-corrected chi connectivity index (χ1v) is 4.50. The van der Waals surface area contributed by atoms with Crippen LogP contribution < -0.4 is 5.32 Å². The van der Waals surface area contributed by atoms with Gasteiger partial charge in [-0.1, -0.05) is 0 Å². The minimum absolute atomic E-state index is 0.169. The predicted molar refractivity (Wildman–Crippen MR) is 51.0 cm³/mol. The SMILES string of the molecule is CC(C)(C)OC(=O)NCC(Cl)CO. The topological polar surface area (TPSA) is 58.6 Å². The Labute approximate surface area is 83.2 Å². The van der Waals surface area contributed by atoms with E-state index in [0.717, 1.165) is 0 Å². The van der Waals surface area contributed by atoms with Crippen LogP contribution in [0.25, 0.3) is 0 Å². The third-order valence-corrected chi connectivity index (χ3v) is 1.36. The number of alkyl carbamates (subject to hydrolysis) is 1. The number of carbonyl (C=O) groups excluding carboxylic acids is 1. The summed E-state index contributed by atoms with van der Waals surface area (Å²) in [7, 11) is 0. The van der Waals surface area contributed by atoms with E-state index in [0.29, 0.717) is 0 Å². The number of aliphatic hydroxyl groups excluding tert-OH is 1. The maximum absolute atomic E-state index is 11.0. The van der Waals surface area contributed by atoms with E-state index in [1.54, 1.807) is 20.8 Å². The van der Waals surface area contributed by atoms with Crippen molar-refractivity contribution in [3.63, 3.8) is 0 Å². The molecule has 0 aromatic heterocycles. The van der Waals surface area contributed by atoms with E-state index < -0.39 is 17.1 Å². The van der Waals surface area contributed by atoms with Crippen LogP contribution in [-0.4, -0.2) is 35.3 Å². The van der Waals surface area contributed by atoms with Gasteiger partial charge in [0.2, 0.25) is 0 Å². The van der Waals surface area contributed by atoms with Gasteiger partial charge in [-0.05, 0) is 20.8 Å². The van der Waals surface area contributed by atoms with Crippen molar-refractivity contribution in [1.29, 1.82) is 0 Å². The third-order valence-electron chi connectivity index (χ3n) is 1.06. The number of alkyl halides is 1. The van der Waals surface area contributed by atoms with Gasteiger partial charge in [0.05, 0.1) is 12.0 Å². The Morgan fingerprint density at radius 1 is 1.62 bits per heavy atom. The van der Waals surface area contributed by atoms with Crippen LogP contribution in [0.15, 0.2) is 0 Å². The van der Waals surface area contributed by atoms with Crippen LogP contribution in [-0.2, 0) is 4.74 Å². The van der Waals surface area contributed by atoms with Gasteiger partial charge in [-0.2, -0.15) is 0 Å². The molecule has 0 heterocycles. The summed E-state index contributed by atoms with van der Waals surface area (Å²) in [6.45, 7) is 5.36. The molecule has 0 saturated heterocycles. The van der Waals surface area contributed by atoms with Gasteiger partial charge in [0.25, 0.3) is 0 Å². The number of aliphatic hydroxyl groups is 1. The van der Waals surface area contributed by atoms with Gasteiger partial charge in [-0.3, -0.25) is 0 Å². The molecule has 0 aliphatic heterocycles. The van der Waals surface area contributed by atoms with Crippen LogP contribution >= 0.6 is 11.6 Å². The van der Waals surface area contributed by atoms with Crippen LogP contribution in [0.3, 0.4) is 0 Å². The summed E-state index contributed by atoms with van der Waals surface area (Å²) in [4.78, 5) is 11.0. The molecule has 1 atom stereocenters. The Morgan fingerprint density at radius 3 is 2.54 bits per heavy atom. The summed E-state index contributed by atoms with van der Waals surface area (Å²) in [6.07, 6.45) is -0.522. The molecule has 4 nitrogen and oxygen atoms in total. The van der Waals surface area contributed by atoms with Crippen LogP contribution in [0.1, 0.15) is 20.8 Å². The van der Waals surface area contributed by atoms with Gasteiger partial charge in [0, 0.05) is 6.54 Å². The molecule has 0 fully saturated rings. The number of hydrogen-bond donors (Lipinski definition) is 2. The molecule has 78 valence electrons. The summed E-state index contributed by atoms with van der Waals surface area (Å²) >= 11 is 5.56. The molecule has 5 heteroatoms. The zero-order valence-corrected chi connectivity index (χ0v) is 8.89. The molecule has 0 aliphatic rings. The highest BCUT2D eigenvalue weighted by atomic mass is 35.5. The van der Waals surface area contributed by atoms with Crippen molar-refractivity contribution in [2.24, 2.45) is 0 Å². The van der Waals surface area contributed by atoms with E-state index in [1.807, 2.05) is 0 Å². The first-order valence-electron chi connectivity index (χ1n) is 4.07. The molecule has 0 aromatic rings. The van der Waals surface area contributed by atoms with E-state index in [1.165, 1.54) is 0 Å². The van der Waals surface area contributed by atoms with E-state index in [-0.39, 0.29) is 13.2 Å². The molecule has 0 aliphatic carbocycles. The monoisotopic (exact) mass is 209 g/mol. The molecular weight excluding hydrogens is 194 g/mol. The van der Waals surface area contributed by atoms with Gasteiger partial charge in [-0.15, -0.1) is 11.6 Å². The molecule has 1 unspecified atom stereocenters. The second-order valence-electron chi connectivity index (χ2n) is 3.66. The highest BCUT2D eigenvalue weighted by Crippen LogP contribution is 2.06.